The molecule has 1 amide bonds. The topological polar surface area (TPSA) is 53.6 Å². The summed E-state index contributed by atoms with van der Waals surface area (Å²) < 4.78 is 5.35. The molecular formula is C15H29N3O2. The molecule has 0 aromatic heterocycles. The highest BCUT2D eigenvalue weighted by atomic mass is 16.5. The van der Waals surface area contributed by atoms with Gasteiger partial charge in [0.25, 0.3) is 0 Å². The summed E-state index contributed by atoms with van der Waals surface area (Å²) >= 11 is 0. The van der Waals surface area contributed by atoms with Crippen molar-refractivity contribution in [3.8, 4) is 0 Å². The van der Waals surface area contributed by atoms with E-state index in [0.717, 1.165) is 45.7 Å². The fraction of sp³-hybridized carbons (Fsp3) is 0.933. The number of hydrogen-bond acceptors (Lipinski definition) is 4. The Morgan fingerprint density at radius 1 is 1.25 bits per heavy atom. The lowest BCUT2D eigenvalue weighted by Gasteiger charge is -2.30. The molecule has 0 bridgehead atoms. The van der Waals surface area contributed by atoms with Gasteiger partial charge in [0, 0.05) is 31.7 Å². The van der Waals surface area contributed by atoms with Crippen LogP contribution in [-0.2, 0) is 9.53 Å². The molecule has 1 aliphatic heterocycles. The van der Waals surface area contributed by atoms with Gasteiger partial charge < -0.3 is 15.4 Å². The Balaban J connectivity index is 1.66. The van der Waals surface area contributed by atoms with Crippen molar-refractivity contribution in [2.75, 3.05) is 32.8 Å². The normalized spacial score (nSPS) is 24.5. The third-order valence-corrected chi connectivity index (χ3v) is 4.27. The second-order valence-electron chi connectivity index (χ2n) is 6.19. The maximum atomic E-state index is 12.1. The SMILES string of the molecule is CC(CN1CCOCC1)NC(C)C(=O)NC1CCCC1. The zero-order chi connectivity index (χ0) is 14.4. The Kier molecular flexibility index (Phi) is 6.26. The standard InChI is InChI=1S/C15H29N3O2/c1-12(11-18-7-9-20-10-8-18)16-13(2)15(19)17-14-5-3-4-6-14/h12-14,16H,3-11H2,1-2H3,(H,17,19). The smallest absolute Gasteiger partial charge is 0.237 e. The summed E-state index contributed by atoms with van der Waals surface area (Å²) in [6, 6.07) is 0.602. The predicted molar refractivity (Wildman–Crippen MR) is 79.7 cm³/mol. The quantitative estimate of drug-likeness (QED) is 0.755. The molecule has 2 atom stereocenters. The summed E-state index contributed by atoms with van der Waals surface area (Å²) in [6.07, 6.45) is 4.78. The average molecular weight is 283 g/mol. The van der Waals surface area contributed by atoms with Crippen LogP contribution in [0.4, 0.5) is 0 Å². The van der Waals surface area contributed by atoms with Crippen molar-refractivity contribution < 1.29 is 9.53 Å². The van der Waals surface area contributed by atoms with Gasteiger partial charge in [-0.1, -0.05) is 12.8 Å². The van der Waals surface area contributed by atoms with Crippen molar-refractivity contribution in [3.63, 3.8) is 0 Å². The first-order valence-corrected chi connectivity index (χ1v) is 8.01. The minimum Gasteiger partial charge on any atom is -0.379 e. The van der Waals surface area contributed by atoms with Crippen molar-refractivity contribution in [2.45, 2.75) is 57.7 Å². The van der Waals surface area contributed by atoms with E-state index in [1.54, 1.807) is 0 Å². The third-order valence-electron chi connectivity index (χ3n) is 4.27. The second-order valence-corrected chi connectivity index (χ2v) is 6.19. The molecule has 1 heterocycles. The van der Waals surface area contributed by atoms with E-state index in [-0.39, 0.29) is 11.9 Å². The molecule has 2 rings (SSSR count). The molecule has 0 aromatic carbocycles. The third kappa shape index (κ3) is 5.04. The predicted octanol–water partition coefficient (Wildman–Crippen LogP) is 0.744. The van der Waals surface area contributed by atoms with Crippen LogP contribution in [0.25, 0.3) is 0 Å². The molecule has 0 aromatic rings. The number of nitrogens with one attached hydrogen (secondary N) is 2. The maximum Gasteiger partial charge on any atom is 0.237 e. The van der Waals surface area contributed by atoms with Crippen molar-refractivity contribution in [3.05, 3.63) is 0 Å². The number of morpholine rings is 1. The lowest BCUT2D eigenvalue weighted by molar-refractivity contribution is -0.123. The molecule has 1 saturated carbocycles. The molecule has 2 N–H and O–H groups in total. The van der Waals surface area contributed by atoms with Crippen molar-refractivity contribution >= 4 is 5.91 Å². The van der Waals surface area contributed by atoms with Gasteiger partial charge in [-0.2, -0.15) is 0 Å². The first kappa shape index (κ1) is 15.7. The molecule has 5 nitrogen and oxygen atoms in total. The summed E-state index contributed by atoms with van der Waals surface area (Å²) in [5, 5.41) is 6.56. The summed E-state index contributed by atoms with van der Waals surface area (Å²) in [5.41, 5.74) is 0. The van der Waals surface area contributed by atoms with Crippen molar-refractivity contribution in [1.29, 1.82) is 0 Å². The number of nitrogens with zero attached hydrogens (tertiary/aromatic N) is 1. The Labute approximate surface area is 122 Å². The van der Waals surface area contributed by atoms with Crippen LogP contribution in [0.5, 0.6) is 0 Å². The molecule has 0 radical (unpaired) electrons. The molecule has 2 aliphatic rings. The van der Waals surface area contributed by atoms with Crippen LogP contribution in [0.1, 0.15) is 39.5 Å². The summed E-state index contributed by atoms with van der Waals surface area (Å²) in [7, 11) is 0. The number of carbonyl (C=O) groups excluding carboxylic acids is 1. The minimum atomic E-state index is -0.119. The van der Waals surface area contributed by atoms with Crippen LogP contribution in [0.2, 0.25) is 0 Å². The summed E-state index contributed by atoms with van der Waals surface area (Å²) in [4.78, 5) is 14.5. The Hall–Kier alpha value is -0.650. The molecule has 5 heteroatoms. The summed E-state index contributed by atoms with van der Waals surface area (Å²) in [5.74, 6) is 0.144. The molecule has 0 spiro atoms. The van der Waals surface area contributed by atoms with Crippen LogP contribution >= 0.6 is 0 Å². The van der Waals surface area contributed by atoms with E-state index < -0.39 is 0 Å². The minimum absolute atomic E-state index is 0.119. The van der Waals surface area contributed by atoms with Crippen LogP contribution < -0.4 is 10.6 Å². The highest BCUT2D eigenvalue weighted by Gasteiger charge is 2.22. The van der Waals surface area contributed by atoms with Gasteiger partial charge in [-0.3, -0.25) is 9.69 Å². The second kappa shape index (κ2) is 7.96. The van der Waals surface area contributed by atoms with Gasteiger partial charge in [0.1, 0.15) is 0 Å². The largest absolute Gasteiger partial charge is 0.379 e. The number of hydrogen-bond donors (Lipinski definition) is 2. The van der Waals surface area contributed by atoms with E-state index in [9.17, 15) is 4.79 Å². The first-order valence-electron chi connectivity index (χ1n) is 8.01. The van der Waals surface area contributed by atoms with Crippen LogP contribution in [-0.4, -0.2) is 61.8 Å². The zero-order valence-corrected chi connectivity index (χ0v) is 12.9. The van der Waals surface area contributed by atoms with Gasteiger partial charge in [0.05, 0.1) is 19.3 Å². The molecular weight excluding hydrogens is 254 g/mol. The molecule has 1 saturated heterocycles. The van der Waals surface area contributed by atoms with Gasteiger partial charge in [-0.15, -0.1) is 0 Å². The van der Waals surface area contributed by atoms with E-state index in [4.69, 9.17) is 4.74 Å². The molecule has 20 heavy (non-hydrogen) atoms. The van der Waals surface area contributed by atoms with Gasteiger partial charge in [-0.25, -0.2) is 0 Å². The zero-order valence-electron chi connectivity index (χ0n) is 12.9. The van der Waals surface area contributed by atoms with Gasteiger partial charge >= 0.3 is 0 Å². The van der Waals surface area contributed by atoms with Crippen molar-refractivity contribution in [1.82, 2.24) is 15.5 Å². The van der Waals surface area contributed by atoms with Crippen LogP contribution in [0.3, 0.4) is 0 Å². The van der Waals surface area contributed by atoms with Crippen LogP contribution in [0.15, 0.2) is 0 Å². The van der Waals surface area contributed by atoms with E-state index in [1.807, 2.05) is 6.92 Å². The molecule has 1 aliphatic carbocycles. The molecule has 2 fully saturated rings. The number of amides is 1. The number of ether oxygens (including phenoxy) is 1. The fourth-order valence-electron chi connectivity index (χ4n) is 3.12. The van der Waals surface area contributed by atoms with E-state index in [0.29, 0.717) is 12.1 Å². The number of carbonyl (C=O) groups is 1. The highest BCUT2D eigenvalue weighted by Crippen LogP contribution is 2.17. The first-order chi connectivity index (χ1) is 9.65. The van der Waals surface area contributed by atoms with Gasteiger partial charge in [0.2, 0.25) is 5.91 Å². The highest BCUT2D eigenvalue weighted by molar-refractivity contribution is 5.81. The van der Waals surface area contributed by atoms with Crippen molar-refractivity contribution in [2.24, 2.45) is 0 Å². The Morgan fingerprint density at radius 2 is 1.90 bits per heavy atom. The van der Waals surface area contributed by atoms with E-state index in [1.165, 1.54) is 12.8 Å². The van der Waals surface area contributed by atoms with Crippen LogP contribution in [0, 0.1) is 0 Å². The lowest BCUT2D eigenvalue weighted by Crippen LogP contribution is -2.51. The molecule has 116 valence electrons. The van der Waals surface area contributed by atoms with E-state index in [2.05, 4.69) is 22.5 Å². The van der Waals surface area contributed by atoms with Gasteiger partial charge in [0.15, 0.2) is 0 Å². The number of rotatable bonds is 6. The monoisotopic (exact) mass is 283 g/mol. The average Bonchev–Trinajstić information content (AvgIpc) is 2.92. The fourth-order valence-corrected chi connectivity index (χ4v) is 3.12. The van der Waals surface area contributed by atoms with E-state index >= 15 is 0 Å². The Morgan fingerprint density at radius 3 is 2.55 bits per heavy atom. The van der Waals surface area contributed by atoms with Gasteiger partial charge in [-0.05, 0) is 26.7 Å². The Bertz CT molecular complexity index is 299. The molecule has 2 unspecified atom stereocenters. The lowest BCUT2D eigenvalue weighted by atomic mass is 10.2. The maximum absolute atomic E-state index is 12.1. The summed E-state index contributed by atoms with van der Waals surface area (Å²) in [6.45, 7) is 8.72.